The third-order valence-electron chi connectivity index (χ3n) is 2.35. The summed E-state index contributed by atoms with van der Waals surface area (Å²) in [7, 11) is 0. The van der Waals surface area contributed by atoms with Gasteiger partial charge in [0.2, 0.25) is 5.91 Å². The highest BCUT2D eigenvalue weighted by Gasteiger charge is 2.26. The average Bonchev–Trinajstić information content (AvgIpc) is 2.65. The number of aryl methyl sites for hydroxylation is 1. The fourth-order valence-electron chi connectivity index (χ4n) is 1.51. The lowest BCUT2D eigenvalue weighted by atomic mass is 10.0. The van der Waals surface area contributed by atoms with Crippen molar-refractivity contribution in [1.82, 2.24) is 15.6 Å². The molecule has 0 spiro atoms. The van der Waals surface area contributed by atoms with E-state index in [1.54, 1.807) is 0 Å². The summed E-state index contributed by atoms with van der Waals surface area (Å²) in [5.74, 6) is 0.160. The molecule has 1 aromatic heterocycles. The van der Waals surface area contributed by atoms with Gasteiger partial charge in [-0.25, -0.2) is 4.63 Å². The van der Waals surface area contributed by atoms with Crippen LogP contribution in [0.5, 0.6) is 0 Å². The Balaban J connectivity index is 2.06. The van der Waals surface area contributed by atoms with E-state index in [0.29, 0.717) is 6.42 Å². The molecule has 5 heteroatoms. The lowest BCUT2D eigenvalue weighted by Crippen LogP contribution is -2.20. The van der Waals surface area contributed by atoms with Crippen molar-refractivity contribution in [2.75, 3.05) is 6.54 Å². The zero-order valence-corrected chi connectivity index (χ0v) is 7.41. The van der Waals surface area contributed by atoms with Gasteiger partial charge in [-0.2, -0.15) is 0 Å². The maximum atomic E-state index is 11.2. The van der Waals surface area contributed by atoms with Gasteiger partial charge in [0.15, 0.2) is 0 Å². The molecule has 70 valence electrons. The molecular weight excluding hydrogens is 170 g/mol. The zero-order chi connectivity index (χ0) is 9.26. The summed E-state index contributed by atoms with van der Waals surface area (Å²) in [5, 5.41) is 10.2. The zero-order valence-electron chi connectivity index (χ0n) is 7.41. The summed E-state index contributed by atoms with van der Waals surface area (Å²) in [4.78, 5) is 11.2. The van der Waals surface area contributed by atoms with Gasteiger partial charge < -0.3 is 5.32 Å². The number of hydrogen-bond acceptors (Lipinski definition) is 4. The van der Waals surface area contributed by atoms with Crippen molar-refractivity contribution >= 4 is 5.91 Å². The van der Waals surface area contributed by atoms with E-state index in [4.69, 9.17) is 0 Å². The number of rotatable bonds is 2. The second-order valence-electron chi connectivity index (χ2n) is 3.28. The highest BCUT2D eigenvalue weighted by molar-refractivity contribution is 5.80. The Kier molecular flexibility index (Phi) is 2.00. The van der Waals surface area contributed by atoms with Crippen LogP contribution >= 0.6 is 0 Å². The minimum Gasteiger partial charge on any atom is -0.356 e. The summed E-state index contributed by atoms with van der Waals surface area (Å²) in [6.45, 7) is 2.60. The van der Waals surface area contributed by atoms with Crippen molar-refractivity contribution in [3.63, 3.8) is 0 Å². The topological polar surface area (TPSA) is 68.0 Å². The first-order chi connectivity index (χ1) is 6.27. The lowest BCUT2D eigenvalue weighted by molar-refractivity contribution is -0.122. The maximum Gasteiger partial charge on any atom is 0.223 e. The van der Waals surface area contributed by atoms with Crippen LogP contribution in [-0.2, 0) is 11.2 Å². The molecule has 1 aromatic rings. The molecule has 1 unspecified atom stereocenters. The third kappa shape index (κ3) is 1.54. The summed E-state index contributed by atoms with van der Waals surface area (Å²) in [6.07, 6.45) is 1.52. The molecule has 0 aliphatic carbocycles. The molecule has 1 atom stereocenters. The Bertz CT molecular complexity index is 321. The predicted octanol–water partition coefficient (Wildman–Crippen LogP) is 0.0566. The monoisotopic (exact) mass is 181 g/mol. The first-order valence-electron chi connectivity index (χ1n) is 4.33. The fraction of sp³-hybridized carbons (Fsp3) is 0.625. The molecule has 0 bridgehead atoms. The van der Waals surface area contributed by atoms with E-state index in [2.05, 4.69) is 20.3 Å². The minimum atomic E-state index is 0.0469. The van der Waals surface area contributed by atoms with Gasteiger partial charge in [-0.05, 0) is 13.3 Å². The molecule has 0 saturated carbocycles. The Labute approximate surface area is 75.5 Å². The number of carbonyl (C=O) groups is 1. The molecule has 2 rings (SSSR count). The van der Waals surface area contributed by atoms with E-state index < -0.39 is 0 Å². The smallest absolute Gasteiger partial charge is 0.223 e. The molecule has 1 fully saturated rings. The summed E-state index contributed by atoms with van der Waals surface area (Å²) in [6, 6.07) is 0. The SMILES string of the molecule is Cc1nonc1CC1CCNC1=O. The molecule has 1 saturated heterocycles. The molecule has 0 radical (unpaired) electrons. The maximum absolute atomic E-state index is 11.2. The van der Waals surface area contributed by atoms with Gasteiger partial charge in [-0.15, -0.1) is 0 Å². The molecule has 1 aliphatic heterocycles. The normalized spacial score (nSPS) is 21.9. The van der Waals surface area contributed by atoms with E-state index in [9.17, 15) is 4.79 Å². The van der Waals surface area contributed by atoms with Crippen LogP contribution in [0.2, 0.25) is 0 Å². The summed E-state index contributed by atoms with van der Waals surface area (Å²) in [5.41, 5.74) is 1.57. The van der Waals surface area contributed by atoms with Gasteiger partial charge in [0.05, 0.1) is 0 Å². The largest absolute Gasteiger partial charge is 0.356 e. The lowest BCUT2D eigenvalue weighted by Gasteiger charge is -2.02. The number of hydrogen-bond donors (Lipinski definition) is 1. The van der Waals surface area contributed by atoms with Crippen LogP contribution in [0.25, 0.3) is 0 Å². The average molecular weight is 181 g/mol. The second-order valence-corrected chi connectivity index (χ2v) is 3.28. The highest BCUT2D eigenvalue weighted by Crippen LogP contribution is 2.16. The van der Waals surface area contributed by atoms with Crippen LogP contribution in [-0.4, -0.2) is 22.8 Å². The number of amides is 1. The Morgan fingerprint density at radius 1 is 1.62 bits per heavy atom. The quantitative estimate of drug-likeness (QED) is 0.700. The second kappa shape index (κ2) is 3.16. The number of aromatic nitrogens is 2. The predicted molar refractivity (Wildman–Crippen MR) is 43.9 cm³/mol. The Hall–Kier alpha value is -1.39. The Morgan fingerprint density at radius 2 is 2.46 bits per heavy atom. The molecule has 0 aromatic carbocycles. The molecule has 5 nitrogen and oxygen atoms in total. The van der Waals surface area contributed by atoms with E-state index >= 15 is 0 Å². The van der Waals surface area contributed by atoms with Crippen molar-refractivity contribution in [1.29, 1.82) is 0 Å². The first kappa shape index (κ1) is 8.22. The number of carbonyl (C=O) groups excluding carboxylic acids is 1. The third-order valence-corrected chi connectivity index (χ3v) is 2.35. The Morgan fingerprint density at radius 3 is 3.00 bits per heavy atom. The van der Waals surface area contributed by atoms with Crippen LogP contribution in [0.3, 0.4) is 0 Å². The van der Waals surface area contributed by atoms with Crippen LogP contribution in [0, 0.1) is 12.8 Å². The van der Waals surface area contributed by atoms with Gasteiger partial charge in [0.1, 0.15) is 11.4 Å². The fourth-order valence-corrected chi connectivity index (χ4v) is 1.51. The molecule has 1 N–H and O–H groups in total. The van der Waals surface area contributed by atoms with E-state index in [-0.39, 0.29) is 11.8 Å². The van der Waals surface area contributed by atoms with Gasteiger partial charge in [0, 0.05) is 18.9 Å². The van der Waals surface area contributed by atoms with Crippen LogP contribution in [0.1, 0.15) is 17.8 Å². The summed E-state index contributed by atoms with van der Waals surface area (Å²) >= 11 is 0. The molecule has 1 amide bonds. The molecule has 2 heterocycles. The van der Waals surface area contributed by atoms with Crippen LogP contribution < -0.4 is 5.32 Å². The van der Waals surface area contributed by atoms with Crippen LogP contribution in [0.4, 0.5) is 0 Å². The van der Waals surface area contributed by atoms with Gasteiger partial charge in [-0.1, -0.05) is 10.3 Å². The van der Waals surface area contributed by atoms with Gasteiger partial charge in [-0.3, -0.25) is 4.79 Å². The minimum absolute atomic E-state index is 0.0469. The number of nitrogens with one attached hydrogen (secondary N) is 1. The van der Waals surface area contributed by atoms with Crippen molar-refractivity contribution in [2.24, 2.45) is 5.92 Å². The van der Waals surface area contributed by atoms with Gasteiger partial charge >= 0.3 is 0 Å². The van der Waals surface area contributed by atoms with Crippen molar-refractivity contribution < 1.29 is 9.42 Å². The molecular formula is C8H11N3O2. The summed E-state index contributed by atoms with van der Waals surface area (Å²) < 4.78 is 4.56. The standard InChI is InChI=1S/C8H11N3O2/c1-5-7(11-13-10-5)4-6-2-3-9-8(6)12/h6H,2-4H2,1H3,(H,9,12). The van der Waals surface area contributed by atoms with E-state index in [1.807, 2.05) is 6.92 Å². The van der Waals surface area contributed by atoms with Crippen molar-refractivity contribution in [3.05, 3.63) is 11.4 Å². The first-order valence-corrected chi connectivity index (χ1v) is 4.33. The van der Waals surface area contributed by atoms with E-state index in [1.165, 1.54) is 0 Å². The van der Waals surface area contributed by atoms with Gasteiger partial charge in [0.25, 0.3) is 0 Å². The molecule has 13 heavy (non-hydrogen) atoms. The van der Waals surface area contributed by atoms with E-state index in [0.717, 1.165) is 24.4 Å². The van der Waals surface area contributed by atoms with Crippen LogP contribution in [0.15, 0.2) is 4.63 Å². The highest BCUT2D eigenvalue weighted by atomic mass is 16.6. The number of nitrogens with zero attached hydrogens (tertiary/aromatic N) is 2. The van der Waals surface area contributed by atoms with Crippen molar-refractivity contribution in [2.45, 2.75) is 19.8 Å². The molecule has 1 aliphatic rings. The van der Waals surface area contributed by atoms with Crippen molar-refractivity contribution in [3.8, 4) is 0 Å².